The topological polar surface area (TPSA) is 58.2 Å². The molecule has 0 aliphatic heterocycles. The predicted octanol–water partition coefficient (Wildman–Crippen LogP) is 5.86. The third-order valence-corrected chi connectivity index (χ3v) is 4.67. The lowest BCUT2D eigenvalue weighted by Crippen LogP contribution is -2.15. The summed E-state index contributed by atoms with van der Waals surface area (Å²) in [7, 11) is 0. The number of carbonyl (C=O) groups is 2. The SMILES string of the molecule is O=C(Nc1ccccc1)c1cccc(NC(=O)c2ccccc2-c2ccccc2)c1. The number of nitrogens with one attached hydrogen (secondary N) is 2. The van der Waals surface area contributed by atoms with Gasteiger partial charge in [0.15, 0.2) is 0 Å². The van der Waals surface area contributed by atoms with Crippen molar-refractivity contribution >= 4 is 23.2 Å². The fourth-order valence-electron chi connectivity index (χ4n) is 3.21. The van der Waals surface area contributed by atoms with Gasteiger partial charge < -0.3 is 10.6 Å². The second kappa shape index (κ2) is 8.88. The first-order chi connectivity index (χ1) is 14.7. The summed E-state index contributed by atoms with van der Waals surface area (Å²) in [5, 5.41) is 5.76. The molecule has 0 spiro atoms. The number of anilines is 2. The third-order valence-electron chi connectivity index (χ3n) is 4.67. The molecular weight excluding hydrogens is 372 g/mol. The molecule has 0 bridgehead atoms. The van der Waals surface area contributed by atoms with E-state index in [1.165, 1.54) is 0 Å². The number of rotatable bonds is 5. The highest BCUT2D eigenvalue weighted by Gasteiger charge is 2.13. The van der Waals surface area contributed by atoms with Crippen LogP contribution in [0.15, 0.2) is 109 Å². The summed E-state index contributed by atoms with van der Waals surface area (Å²) in [6, 6.07) is 33.4. The van der Waals surface area contributed by atoms with Crippen LogP contribution in [0.3, 0.4) is 0 Å². The quantitative estimate of drug-likeness (QED) is 0.447. The predicted molar refractivity (Wildman–Crippen MR) is 121 cm³/mol. The molecule has 2 N–H and O–H groups in total. The summed E-state index contributed by atoms with van der Waals surface area (Å²) in [4.78, 5) is 25.5. The first kappa shape index (κ1) is 19.2. The summed E-state index contributed by atoms with van der Waals surface area (Å²) in [5.74, 6) is -0.461. The summed E-state index contributed by atoms with van der Waals surface area (Å²) >= 11 is 0. The number of carbonyl (C=O) groups excluding carboxylic acids is 2. The van der Waals surface area contributed by atoms with E-state index in [0.29, 0.717) is 22.5 Å². The number of hydrogen-bond acceptors (Lipinski definition) is 2. The minimum absolute atomic E-state index is 0.227. The average molecular weight is 392 g/mol. The number of benzene rings is 4. The van der Waals surface area contributed by atoms with Crippen molar-refractivity contribution in [3.05, 3.63) is 120 Å². The van der Waals surface area contributed by atoms with Crippen LogP contribution < -0.4 is 10.6 Å². The number of para-hydroxylation sites is 1. The first-order valence-corrected chi connectivity index (χ1v) is 9.63. The monoisotopic (exact) mass is 392 g/mol. The Morgan fingerprint density at radius 3 is 1.90 bits per heavy atom. The molecule has 0 fully saturated rings. The van der Waals surface area contributed by atoms with Crippen molar-refractivity contribution in [2.45, 2.75) is 0 Å². The van der Waals surface area contributed by atoms with Gasteiger partial charge in [-0.3, -0.25) is 9.59 Å². The van der Waals surface area contributed by atoms with Crippen LogP contribution >= 0.6 is 0 Å². The lowest BCUT2D eigenvalue weighted by atomic mass is 9.99. The van der Waals surface area contributed by atoms with Crippen molar-refractivity contribution in [1.82, 2.24) is 0 Å². The van der Waals surface area contributed by atoms with Crippen LogP contribution in [0.5, 0.6) is 0 Å². The molecule has 0 saturated carbocycles. The lowest BCUT2D eigenvalue weighted by Gasteiger charge is -2.11. The molecule has 4 aromatic carbocycles. The maximum Gasteiger partial charge on any atom is 0.256 e. The van der Waals surface area contributed by atoms with Crippen molar-refractivity contribution in [3.8, 4) is 11.1 Å². The van der Waals surface area contributed by atoms with Gasteiger partial charge in [0, 0.05) is 22.5 Å². The van der Waals surface area contributed by atoms with E-state index in [1.807, 2.05) is 78.9 Å². The van der Waals surface area contributed by atoms with Crippen LogP contribution in [0.4, 0.5) is 11.4 Å². The Morgan fingerprint density at radius 2 is 1.13 bits per heavy atom. The van der Waals surface area contributed by atoms with Gasteiger partial charge >= 0.3 is 0 Å². The first-order valence-electron chi connectivity index (χ1n) is 9.63. The van der Waals surface area contributed by atoms with E-state index in [1.54, 1.807) is 30.3 Å². The highest BCUT2D eigenvalue weighted by atomic mass is 16.2. The standard InChI is InChI=1S/C26H20N2O2/c29-25(27-21-13-5-2-6-14-21)20-12-9-15-22(18-20)28-26(30)24-17-8-7-16-23(24)19-10-3-1-4-11-19/h1-18H,(H,27,29)(H,28,30). The summed E-state index contributed by atoms with van der Waals surface area (Å²) in [6.07, 6.45) is 0. The molecule has 30 heavy (non-hydrogen) atoms. The minimum atomic E-state index is -0.234. The zero-order valence-corrected chi connectivity index (χ0v) is 16.2. The fourth-order valence-corrected chi connectivity index (χ4v) is 3.21. The zero-order chi connectivity index (χ0) is 20.8. The van der Waals surface area contributed by atoms with Crippen LogP contribution in [0.2, 0.25) is 0 Å². The third kappa shape index (κ3) is 4.45. The number of amides is 2. The van der Waals surface area contributed by atoms with Crippen LogP contribution in [0.1, 0.15) is 20.7 Å². The van der Waals surface area contributed by atoms with Gasteiger partial charge in [-0.2, -0.15) is 0 Å². The largest absolute Gasteiger partial charge is 0.322 e. The highest BCUT2D eigenvalue weighted by Crippen LogP contribution is 2.24. The van der Waals surface area contributed by atoms with E-state index in [0.717, 1.165) is 11.1 Å². The molecule has 4 heteroatoms. The Morgan fingerprint density at radius 1 is 0.533 bits per heavy atom. The molecule has 146 valence electrons. The average Bonchev–Trinajstić information content (AvgIpc) is 2.80. The van der Waals surface area contributed by atoms with E-state index >= 15 is 0 Å². The van der Waals surface area contributed by atoms with Crippen LogP contribution in [-0.4, -0.2) is 11.8 Å². The molecule has 0 aliphatic carbocycles. The van der Waals surface area contributed by atoms with Gasteiger partial charge in [0.25, 0.3) is 11.8 Å². The maximum atomic E-state index is 13.0. The molecule has 0 atom stereocenters. The van der Waals surface area contributed by atoms with Gasteiger partial charge in [-0.25, -0.2) is 0 Å². The number of hydrogen-bond donors (Lipinski definition) is 2. The lowest BCUT2D eigenvalue weighted by molar-refractivity contribution is 0.101. The Balaban J connectivity index is 1.54. The van der Waals surface area contributed by atoms with Crippen LogP contribution in [0.25, 0.3) is 11.1 Å². The van der Waals surface area contributed by atoms with Gasteiger partial charge in [-0.1, -0.05) is 72.8 Å². The smallest absolute Gasteiger partial charge is 0.256 e. The van der Waals surface area contributed by atoms with E-state index in [2.05, 4.69) is 10.6 Å². The molecule has 0 aliphatic rings. The van der Waals surface area contributed by atoms with Gasteiger partial charge in [-0.15, -0.1) is 0 Å². The van der Waals surface area contributed by atoms with Crippen molar-refractivity contribution < 1.29 is 9.59 Å². The second-order valence-corrected chi connectivity index (χ2v) is 6.77. The molecular formula is C26H20N2O2. The van der Waals surface area contributed by atoms with Crippen LogP contribution in [0, 0.1) is 0 Å². The van der Waals surface area contributed by atoms with Crippen molar-refractivity contribution in [3.63, 3.8) is 0 Å². The Bertz CT molecular complexity index is 1170. The Hall–Kier alpha value is -4.18. The molecule has 0 aromatic heterocycles. The maximum absolute atomic E-state index is 13.0. The summed E-state index contributed by atoms with van der Waals surface area (Å²) in [6.45, 7) is 0. The normalized spacial score (nSPS) is 10.3. The second-order valence-electron chi connectivity index (χ2n) is 6.77. The molecule has 0 radical (unpaired) electrons. The zero-order valence-electron chi connectivity index (χ0n) is 16.2. The molecule has 4 rings (SSSR count). The fraction of sp³-hybridized carbons (Fsp3) is 0. The van der Waals surface area contributed by atoms with E-state index in [4.69, 9.17) is 0 Å². The summed E-state index contributed by atoms with van der Waals surface area (Å²) < 4.78 is 0. The highest BCUT2D eigenvalue weighted by molar-refractivity contribution is 6.10. The molecule has 2 amide bonds. The van der Waals surface area contributed by atoms with E-state index in [-0.39, 0.29) is 11.8 Å². The van der Waals surface area contributed by atoms with Crippen molar-refractivity contribution in [2.24, 2.45) is 0 Å². The molecule has 4 aromatic rings. The van der Waals surface area contributed by atoms with Gasteiger partial charge in [-0.05, 0) is 47.5 Å². The van der Waals surface area contributed by atoms with E-state index in [9.17, 15) is 9.59 Å². The van der Waals surface area contributed by atoms with E-state index < -0.39 is 0 Å². The van der Waals surface area contributed by atoms with Crippen molar-refractivity contribution in [1.29, 1.82) is 0 Å². The van der Waals surface area contributed by atoms with Gasteiger partial charge in [0.2, 0.25) is 0 Å². The van der Waals surface area contributed by atoms with Gasteiger partial charge in [0.05, 0.1) is 0 Å². The Labute approximate surface area is 175 Å². The van der Waals surface area contributed by atoms with Gasteiger partial charge in [0.1, 0.15) is 0 Å². The Kier molecular flexibility index (Phi) is 5.67. The van der Waals surface area contributed by atoms with Crippen LogP contribution in [-0.2, 0) is 0 Å². The molecule has 0 unspecified atom stereocenters. The molecule has 0 heterocycles. The summed E-state index contributed by atoms with van der Waals surface area (Å²) in [5.41, 5.74) is 4.14. The molecule has 0 saturated heterocycles. The molecule has 4 nitrogen and oxygen atoms in total. The minimum Gasteiger partial charge on any atom is -0.322 e. The van der Waals surface area contributed by atoms with Crippen molar-refractivity contribution in [2.75, 3.05) is 10.6 Å².